The predicted molar refractivity (Wildman–Crippen MR) is 57.0 cm³/mol. The molecular formula is C9H15N3OS. The molecule has 78 valence electrons. The Labute approximate surface area is 87.5 Å². The zero-order valence-electron chi connectivity index (χ0n) is 8.19. The second-order valence-electron chi connectivity index (χ2n) is 3.05. The van der Waals surface area contributed by atoms with E-state index in [2.05, 4.69) is 10.3 Å². The van der Waals surface area contributed by atoms with E-state index in [0.717, 1.165) is 11.4 Å². The minimum absolute atomic E-state index is 0.000254. The molecule has 0 radical (unpaired) electrons. The number of rotatable bonds is 5. The van der Waals surface area contributed by atoms with Gasteiger partial charge in [0.1, 0.15) is 5.01 Å². The molecular weight excluding hydrogens is 198 g/mol. The highest BCUT2D eigenvalue weighted by Gasteiger charge is 2.10. The van der Waals surface area contributed by atoms with Crippen molar-refractivity contribution >= 4 is 17.2 Å². The lowest BCUT2D eigenvalue weighted by atomic mass is 10.2. The molecule has 1 atom stereocenters. The van der Waals surface area contributed by atoms with Crippen LogP contribution in [0.15, 0.2) is 11.6 Å². The summed E-state index contributed by atoms with van der Waals surface area (Å²) in [5, 5.41) is 5.71. The molecule has 1 amide bonds. The summed E-state index contributed by atoms with van der Waals surface area (Å²) in [5.74, 6) is 0.0400. The monoisotopic (exact) mass is 213 g/mol. The second kappa shape index (κ2) is 5.72. The maximum absolute atomic E-state index is 11.3. The summed E-state index contributed by atoms with van der Waals surface area (Å²) in [6.07, 6.45) is 2.96. The first kappa shape index (κ1) is 11.1. The van der Waals surface area contributed by atoms with Gasteiger partial charge in [0.15, 0.2) is 0 Å². The van der Waals surface area contributed by atoms with Gasteiger partial charge in [-0.15, -0.1) is 11.3 Å². The largest absolute Gasteiger partial charge is 0.347 e. The molecule has 4 nitrogen and oxygen atoms in total. The van der Waals surface area contributed by atoms with E-state index in [0.29, 0.717) is 13.0 Å². The number of carbonyl (C=O) groups is 1. The quantitative estimate of drug-likeness (QED) is 0.768. The Kier molecular flexibility index (Phi) is 4.55. The average Bonchev–Trinajstić information content (AvgIpc) is 2.67. The van der Waals surface area contributed by atoms with Crippen LogP contribution in [0.2, 0.25) is 0 Å². The lowest BCUT2D eigenvalue weighted by Crippen LogP contribution is -2.26. The van der Waals surface area contributed by atoms with Crippen molar-refractivity contribution in [2.75, 3.05) is 6.54 Å². The molecule has 3 N–H and O–H groups in total. The van der Waals surface area contributed by atoms with E-state index in [1.807, 2.05) is 12.3 Å². The highest BCUT2D eigenvalue weighted by Crippen LogP contribution is 2.14. The van der Waals surface area contributed by atoms with Gasteiger partial charge in [-0.05, 0) is 19.9 Å². The fourth-order valence-electron chi connectivity index (χ4n) is 1.09. The summed E-state index contributed by atoms with van der Waals surface area (Å²) in [6, 6.07) is 0.000254. The first-order valence-electron chi connectivity index (χ1n) is 4.63. The lowest BCUT2D eigenvalue weighted by molar-refractivity contribution is -0.121. The summed E-state index contributed by atoms with van der Waals surface area (Å²) in [6.45, 7) is 2.48. The fraction of sp³-hybridized carbons (Fsp3) is 0.556. The number of hydrogen-bond donors (Lipinski definition) is 2. The van der Waals surface area contributed by atoms with Gasteiger partial charge in [-0.1, -0.05) is 0 Å². The minimum Gasteiger partial charge on any atom is -0.347 e. The van der Waals surface area contributed by atoms with Crippen LogP contribution in [0.4, 0.5) is 0 Å². The van der Waals surface area contributed by atoms with E-state index in [-0.39, 0.29) is 11.9 Å². The van der Waals surface area contributed by atoms with Crippen LogP contribution in [0.25, 0.3) is 0 Å². The Morgan fingerprint density at radius 3 is 3.14 bits per heavy atom. The summed E-state index contributed by atoms with van der Waals surface area (Å²) in [4.78, 5) is 15.4. The van der Waals surface area contributed by atoms with Gasteiger partial charge in [-0.25, -0.2) is 4.98 Å². The van der Waals surface area contributed by atoms with Crippen molar-refractivity contribution in [3.63, 3.8) is 0 Å². The van der Waals surface area contributed by atoms with E-state index in [1.165, 1.54) is 0 Å². The van der Waals surface area contributed by atoms with Crippen LogP contribution in [-0.4, -0.2) is 17.4 Å². The van der Waals surface area contributed by atoms with E-state index in [1.54, 1.807) is 17.5 Å². The maximum Gasteiger partial charge on any atom is 0.220 e. The molecule has 1 aromatic heterocycles. The predicted octanol–water partition coefficient (Wildman–Crippen LogP) is 1.06. The third-order valence-corrected chi connectivity index (χ3v) is 2.77. The number of nitrogens with two attached hydrogens (primary N) is 1. The first-order valence-corrected chi connectivity index (χ1v) is 5.51. The van der Waals surface area contributed by atoms with Gasteiger partial charge in [0.25, 0.3) is 0 Å². The molecule has 1 rings (SSSR count). The van der Waals surface area contributed by atoms with Crippen LogP contribution in [0.5, 0.6) is 0 Å². The van der Waals surface area contributed by atoms with Crippen molar-refractivity contribution in [1.29, 1.82) is 0 Å². The summed E-state index contributed by atoms with van der Waals surface area (Å²) >= 11 is 1.55. The summed E-state index contributed by atoms with van der Waals surface area (Å²) in [5.41, 5.74) is 5.31. The topological polar surface area (TPSA) is 68.0 Å². The smallest absolute Gasteiger partial charge is 0.220 e. The molecule has 0 aliphatic carbocycles. The first-order chi connectivity index (χ1) is 6.74. The Balaban J connectivity index is 2.33. The van der Waals surface area contributed by atoms with Crippen molar-refractivity contribution in [2.45, 2.75) is 25.8 Å². The third-order valence-electron chi connectivity index (χ3n) is 1.81. The molecule has 0 bridgehead atoms. The van der Waals surface area contributed by atoms with Gasteiger partial charge in [-0.2, -0.15) is 0 Å². The van der Waals surface area contributed by atoms with E-state index in [4.69, 9.17) is 5.73 Å². The Morgan fingerprint density at radius 2 is 2.57 bits per heavy atom. The number of carbonyl (C=O) groups excluding carboxylic acids is 1. The Hall–Kier alpha value is -0.940. The van der Waals surface area contributed by atoms with Crippen LogP contribution in [0, 0.1) is 0 Å². The van der Waals surface area contributed by atoms with Crippen molar-refractivity contribution in [1.82, 2.24) is 10.3 Å². The van der Waals surface area contributed by atoms with E-state index >= 15 is 0 Å². The van der Waals surface area contributed by atoms with Gasteiger partial charge in [0, 0.05) is 18.0 Å². The maximum atomic E-state index is 11.3. The second-order valence-corrected chi connectivity index (χ2v) is 3.98. The zero-order chi connectivity index (χ0) is 10.4. The van der Waals surface area contributed by atoms with Crippen LogP contribution in [0.1, 0.15) is 30.8 Å². The summed E-state index contributed by atoms with van der Waals surface area (Å²) < 4.78 is 0. The molecule has 1 unspecified atom stereocenters. The standard InChI is InChI=1S/C9H15N3OS/c1-7(9-11-5-6-14-9)12-8(13)3-2-4-10/h5-7H,2-4,10H2,1H3,(H,12,13). The van der Waals surface area contributed by atoms with E-state index in [9.17, 15) is 4.79 Å². The molecule has 14 heavy (non-hydrogen) atoms. The van der Waals surface area contributed by atoms with Crippen LogP contribution in [0.3, 0.4) is 0 Å². The number of thiazole rings is 1. The number of nitrogens with zero attached hydrogens (tertiary/aromatic N) is 1. The Morgan fingerprint density at radius 1 is 1.79 bits per heavy atom. The van der Waals surface area contributed by atoms with Crippen molar-refractivity contribution in [3.05, 3.63) is 16.6 Å². The van der Waals surface area contributed by atoms with Gasteiger partial charge >= 0.3 is 0 Å². The fourth-order valence-corrected chi connectivity index (χ4v) is 1.73. The van der Waals surface area contributed by atoms with Gasteiger partial charge < -0.3 is 11.1 Å². The van der Waals surface area contributed by atoms with Crippen LogP contribution in [-0.2, 0) is 4.79 Å². The highest BCUT2D eigenvalue weighted by molar-refractivity contribution is 7.09. The molecule has 5 heteroatoms. The summed E-state index contributed by atoms with van der Waals surface area (Å²) in [7, 11) is 0. The highest BCUT2D eigenvalue weighted by atomic mass is 32.1. The van der Waals surface area contributed by atoms with Crippen molar-refractivity contribution < 1.29 is 4.79 Å². The Bertz CT molecular complexity index is 274. The SMILES string of the molecule is CC(NC(=O)CCCN)c1nccs1. The number of hydrogen-bond acceptors (Lipinski definition) is 4. The molecule has 1 heterocycles. The zero-order valence-corrected chi connectivity index (χ0v) is 9.01. The average molecular weight is 213 g/mol. The van der Waals surface area contributed by atoms with Gasteiger partial charge in [0.05, 0.1) is 6.04 Å². The lowest BCUT2D eigenvalue weighted by Gasteiger charge is -2.10. The van der Waals surface area contributed by atoms with Crippen molar-refractivity contribution in [3.8, 4) is 0 Å². The van der Waals surface area contributed by atoms with Crippen LogP contribution < -0.4 is 11.1 Å². The molecule has 0 aliphatic heterocycles. The number of aromatic nitrogens is 1. The van der Waals surface area contributed by atoms with Crippen LogP contribution >= 0.6 is 11.3 Å². The molecule has 0 aromatic carbocycles. The normalized spacial score (nSPS) is 12.4. The van der Waals surface area contributed by atoms with Gasteiger partial charge in [0.2, 0.25) is 5.91 Å². The third kappa shape index (κ3) is 3.43. The minimum atomic E-state index is 0.000254. The molecule has 0 spiro atoms. The molecule has 0 aliphatic rings. The van der Waals surface area contributed by atoms with Gasteiger partial charge in [-0.3, -0.25) is 4.79 Å². The molecule has 0 saturated heterocycles. The van der Waals surface area contributed by atoms with Crippen molar-refractivity contribution in [2.24, 2.45) is 5.73 Å². The number of nitrogens with one attached hydrogen (secondary N) is 1. The van der Waals surface area contributed by atoms with E-state index < -0.39 is 0 Å². The molecule has 1 aromatic rings. The molecule has 0 fully saturated rings. The number of amides is 1. The molecule has 0 saturated carbocycles.